The number of benzene rings is 4. The van der Waals surface area contributed by atoms with Gasteiger partial charge in [0.15, 0.2) is 35.7 Å². The third kappa shape index (κ3) is 4.28. The number of aryl methyl sites for hydroxylation is 1. The molecule has 2 aliphatic rings. The minimum atomic E-state index is -0.287. The van der Waals surface area contributed by atoms with Crippen LogP contribution in [0.15, 0.2) is 72.9 Å². The molecule has 2 aliphatic heterocycles. The van der Waals surface area contributed by atoms with Gasteiger partial charge in [0, 0.05) is 12.0 Å². The van der Waals surface area contributed by atoms with E-state index in [1.54, 1.807) is 14.2 Å². The van der Waals surface area contributed by atoms with Gasteiger partial charge in [-0.15, -0.1) is 0 Å². The maximum absolute atomic E-state index is 12.6. The molecule has 0 aliphatic carbocycles. The van der Waals surface area contributed by atoms with E-state index in [1.807, 2.05) is 37.3 Å². The second kappa shape index (κ2) is 10.6. The van der Waals surface area contributed by atoms with Crippen LogP contribution in [-0.4, -0.2) is 33.6 Å². The van der Waals surface area contributed by atoms with E-state index in [4.69, 9.17) is 23.7 Å². The molecule has 4 aromatic carbocycles. The largest absolute Gasteiger partial charge is 0.493 e. The number of methoxy groups -OCH3 is 2. The molecular weight excluding hydrogens is 530 g/mol. The fourth-order valence-corrected chi connectivity index (χ4v) is 6.46. The Morgan fingerprint density at radius 3 is 2.52 bits per heavy atom. The Labute approximate surface area is 244 Å². The average molecular weight is 563 g/mol. The van der Waals surface area contributed by atoms with Crippen molar-refractivity contribution in [1.82, 2.24) is 0 Å². The van der Waals surface area contributed by atoms with Crippen LogP contribution >= 0.6 is 0 Å². The lowest BCUT2D eigenvalue weighted by atomic mass is 9.83. The van der Waals surface area contributed by atoms with E-state index in [0.29, 0.717) is 17.9 Å². The first kappa shape index (κ1) is 26.1. The normalized spacial score (nSPS) is 14.9. The lowest BCUT2D eigenvalue weighted by molar-refractivity contribution is -0.689. The summed E-state index contributed by atoms with van der Waals surface area (Å²) in [6, 6.07) is 22.6. The van der Waals surface area contributed by atoms with Gasteiger partial charge in [-0.2, -0.15) is 4.57 Å². The summed E-state index contributed by atoms with van der Waals surface area (Å²) in [7, 11) is 3.34. The van der Waals surface area contributed by atoms with Crippen molar-refractivity contribution in [2.24, 2.45) is 0 Å². The molecule has 1 aromatic heterocycles. The zero-order valence-electron chi connectivity index (χ0n) is 23.9. The highest BCUT2D eigenvalue weighted by Gasteiger charge is 2.34. The Balaban J connectivity index is 1.29. The summed E-state index contributed by atoms with van der Waals surface area (Å²) in [6.07, 6.45) is 3.94. The molecule has 3 heterocycles. The topological polar surface area (TPSA) is 67.1 Å². The molecule has 0 N–H and O–H groups in total. The molecule has 0 radical (unpaired) electrons. The van der Waals surface area contributed by atoms with Crippen LogP contribution in [0.1, 0.15) is 40.7 Å². The van der Waals surface area contributed by atoms with Crippen molar-refractivity contribution in [3.05, 3.63) is 89.6 Å². The number of aromatic nitrogens is 1. The van der Waals surface area contributed by atoms with Crippen molar-refractivity contribution in [1.29, 1.82) is 0 Å². The number of rotatable bonds is 7. The minimum Gasteiger partial charge on any atom is -0.493 e. The van der Waals surface area contributed by atoms with Crippen molar-refractivity contribution in [2.45, 2.75) is 32.2 Å². The Morgan fingerprint density at radius 1 is 0.929 bits per heavy atom. The van der Waals surface area contributed by atoms with E-state index < -0.39 is 0 Å². The SMILES string of the molecule is CCOC(=O)c1ccc(CCC2C[n+]3cc4c(OC)c(OC)ccc4cc3-c3cc4c(cc32)OCO4)c2ccccc12. The van der Waals surface area contributed by atoms with E-state index in [0.717, 1.165) is 69.4 Å². The molecule has 212 valence electrons. The van der Waals surface area contributed by atoms with E-state index in [1.165, 1.54) is 11.1 Å². The van der Waals surface area contributed by atoms with Crippen molar-refractivity contribution in [3.8, 4) is 34.3 Å². The molecule has 0 saturated heterocycles. The van der Waals surface area contributed by atoms with Crippen molar-refractivity contribution < 1.29 is 33.0 Å². The van der Waals surface area contributed by atoms with Gasteiger partial charge in [0.25, 0.3) is 0 Å². The van der Waals surface area contributed by atoms with Gasteiger partial charge < -0.3 is 23.7 Å². The third-order valence-electron chi connectivity index (χ3n) is 8.45. The van der Waals surface area contributed by atoms with Crippen molar-refractivity contribution >= 4 is 27.5 Å². The Kier molecular flexibility index (Phi) is 6.57. The fraction of sp³-hybridized carbons (Fsp3) is 0.257. The number of carbonyl (C=O) groups excluding carboxylic acids is 1. The van der Waals surface area contributed by atoms with Gasteiger partial charge in [0.05, 0.1) is 37.3 Å². The van der Waals surface area contributed by atoms with Crippen LogP contribution in [0.4, 0.5) is 0 Å². The predicted octanol–water partition coefficient (Wildman–Crippen LogP) is 6.60. The molecule has 0 amide bonds. The summed E-state index contributed by atoms with van der Waals surface area (Å²) in [4.78, 5) is 12.6. The first-order valence-corrected chi connectivity index (χ1v) is 14.3. The van der Waals surface area contributed by atoms with Gasteiger partial charge in [-0.1, -0.05) is 30.3 Å². The summed E-state index contributed by atoms with van der Waals surface area (Å²) in [5.74, 6) is 2.94. The summed E-state index contributed by atoms with van der Waals surface area (Å²) < 4.78 is 30.6. The fourth-order valence-electron chi connectivity index (χ4n) is 6.46. The van der Waals surface area contributed by atoms with Gasteiger partial charge in [-0.3, -0.25) is 0 Å². The first-order chi connectivity index (χ1) is 20.6. The van der Waals surface area contributed by atoms with Gasteiger partial charge in [0.2, 0.25) is 12.5 Å². The second-order valence-corrected chi connectivity index (χ2v) is 10.7. The van der Waals surface area contributed by atoms with E-state index in [-0.39, 0.29) is 18.7 Å². The van der Waals surface area contributed by atoms with Crippen LogP contribution < -0.4 is 23.5 Å². The molecule has 0 bridgehead atoms. The van der Waals surface area contributed by atoms with Gasteiger partial charge in [-0.05, 0) is 77.4 Å². The van der Waals surface area contributed by atoms with Crippen LogP contribution in [0.2, 0.25) is 0 Å². The number of hydrogen-bond donors (Lipinski definition) is 0. The zero-order valence-corrected chi connectivity index (χ0v) is 23.9. The first-order valence-electron chi connectivity index (χ1n) is 14.3. The second-order valence-electron chi connectivity index (χ2n) is 10.7. The zero-order chi connectivity index (χ0) is 28.8. The molecule has 0 saturated carbocycles. The van der Waals surface area contributed by atoms with Crippen LogP contribution in [-0.2, 0) is 17.7 Å². The maximum Gasteiger partial charge on any atom is 0.338 e. The van der Waals surface area contributed by atoms with Crippen molar-refractivity contribution in [2.75, 3.05) is 27.6 Å². The number of pyridine rings is 1. The monoisotopic (exact) mass is 562 g/mol. The quantitative estimate of drug-likeness (QED) is 0.165. The molecule has 0 fully saturated rings. The highest BCUT2D eigenvalue weighted by molar-refractivity contribution is 6.05. The van der Waals surface area contributed by atoms with Crippen LogP contribution in [0.3, 0.4) is 0 Å². The summed E-state index contributed by atoms with van der Waals surface area (Å²) in [5.41, 5.74) is 5.35. The van der Waals surface area contributed by atoms with Crippen LogP contribution in [0.25, 0.3) is 32.8 Å². The number of fused-ring (bicyclic) bond motifs is 6. The molecule has 5 aromatic rings. The Bertz CT molecular complexity index is 1860. The molecule has 1 atom stereocenters. The third-order valence-corrected chi connectivity index (χ3v) is 8.45. The number of carbonyl (C=O) groups is 1. The number of hydrogen-bond acceptors (Lipinski definition) is 6. The lowest BCUT2D eigenvalue weighted by Gasteiger charge is -2.25. The van der Waals surface area contributed by atoms with Crippen molar-refractivity contribution in [3.63, 3.8) is 0 Å². The maximum atomic E-state index is 12.6. The average Bonchev–Trinajstić information content (AvgIpc) is 3.49. The van der Waals surface area contributed by atoms with E-state index in [9.17, 15) is 4.79 Å². The number of ether oxygens (including phenoxy) is 5. The number of nitrogens with zero attached hydrogens (tertiary/aromatic N) is 1. The molecule has 7 nitrogen and oxygen atoms in total. The Morgan fingerprint density at radius 2 is 1.74 bits per heavy atom. The van der Waals surface area contributed by atoms with Crippen LogP contribution in [0, 0.1) is 0 Å². The van der Waals surface area contributed by atoms with Gasteiger partial charge in [0.1, 0.15) is 0 Å². The Hall–Kier alpha value is -4.78. The lowest BCUT2D eigenvalue weighted by Crippen LogP contribution is -2.42. The summed E-state index contributed by atoms with van der Waals surface area (Å²) in [6.45, 7) is 3.21. The molecule has 1 unspecified atom stereocenters. The number of esters is 1. The molecular formula is C35H32NO6+. The molecule has 42 heavy (non-hydrogen) atoms. The smallest absolute Gasteiger partial charge is 0.338 e. The van der Waals surface area contributed by atoms with Crippen LogP contribution in [0.5, 0.6) is 23.0 Å². The van der Waals surface area contributed by atoms with E-state index >= 15 is 0 Å². The molecule has 7 rings (SSSR count). The van der Waals surface area contributed by atoms with Gasteiger partial charge >= 0.3 is 5.97 Å². The standard InChI is InChI=1S/C35H32NO6/c1-4-40-35(37)26-13-11-21(24-7-5-6-8-25(24)26)9-10-23-18-36-19-29-22(12-14-31(38-2)34(29)39-3)15-30(36)28-17-33-32(16-27(23)28)41-20-42-33/h5-8,11-17,19,23H,4,9-10,18,20H2,1-3H3/q+1. The minimum absolute atomic E-state index is 0.226. The molecule has 7 heteroatoms. The van der Waals surface area contributed by atoms with Gasteiger partial charge in [-0.25, -0.2) is 4.79 Å². The molecule has 0 spiro atoms. The predicted molar refractivity (Wildman–Crippen MR) is 160 cm³/mol. The summed E-state index contributed by atoms with van der Waals surface area (Å²) >= 11 is 0. The van der Waals surface area contributed by atoms with E-state index in [2.05, 4.69) is 47.2 Å². The summed E-state index contributed by atoms with van der Waals surface area (Å²) in [5, 5.41) is 4.09. The highest BCUT2D eigenvalue weighted by Crippen LogP contribution is 2.45. The highest BCUT2D eigenvalue weighted by atomic mass is 16.7.